The highest BCUT2D eigenvalue weighted by atomic mass is 32.1. The second-order valence-corrected chi connectivity index (χ2v) is 7.27. The maximum atomic E-state index is 13.1. The van der Waals surface area contributed by atoms with Gasteiger partial charge in [0.2, 0.25) is 0 Å². The predicted molar refractivity (Wildman–Crippen MR) is 98.9 cm³/mol. The monoisotopic (exact) mass is 371 g/mol. The molecule has 0 radical (unpaired) electrons. The molecule has 134 valence electrons. The number of H-pyrrole nitrogens is 1. The summed E-state index contributed by atoms with van der Waals surface area (Å²) in [7, 11) is 0. The van der Waals surface area contributed by atoms with Crippen molar-refractivity contribution < 1.29 is 9.18 Å². The van der Waals surface area contributed by atoms with Crippen molar-refractivity contribution in [1.82, 2.24) is 20.5 Å². The Morgan fingerprint density at radius 2 is 1.96 bits per heavy atom. The largest absolute Gasteiger partial charge is 0.317 e. The number of anilines is 1. The number of hydrogen-bond donors (Lipinski definition) is 3. The first kappa shape index (κ1) is 16.9. The van der Waals surface area contributed by atoms with Gasteiger partial charge in [0.1, 0.15) is 5.82 Å². The van der Waals surface area contributed by atoms with Gasteiger partial charge in [0, 0.05) is 16.6 Å². The molecule has 0 bridgehead atoms. The lowest BCUT2D eigenvalue weighted by Crippen LogP contribution is -2.26. The zero-order chi connectivity index (χ0) is 17.9. The molecule has 0 aliphatic carbocycles. The summed E-state index contributed by atoms with van der Waals surface area (Å²) in [5, 5.41) is 13.5. The number of aromatic nitrogens is 3. The highest BCUT2D eigenvalue weighted by Gasteiger charge is 2.20. The Labute approximate surface area is 153 Å². The summed E-state index contributed by atoms with van der Waals surface area (Å²) in [5.74, 6) is -0.111. The fourth-order valence-corrected chi connectivity index (χ4v) is 4.08. The highest BCUT2D eigenvalue weighted by molar-refractivity contribution is 7.15. The van der Waals surface area contributed by atoms with Crippen molar-refractivity contribution in [2.45, 2.75) is 18.8 Å². The van der Waals surface area contributed by atoms with Crippen molar-refractivity contribution in [3.05, 3.63) is 52.9 Å². The Morgan fingerprint density at radius 1 is 1.19 bits per heavy atom. The number of amides is 1. The summed E-state index contributed by atoms with van der Waals surface area (Å²) < 4.78 is 13.1. The third-order valence-electron chi connectivity index (χ3n) is 4.50. The summed E-state index contributed by atoms with van der Waals surface area (Å²) in [5.41, 5.74) is 1.65. The second-order valence-electron chi connectivity index (χ2n) is 6.21. The Bertz CT molecular complexity index is 898. The van der Waals surface area contributed by atoms with Gasteiger partial charge in [-0.1, -0.05) is 0 Å². The molecule has 1 aliphatic rings. The molecule has 1 aromatic carbocycles. The van der Waals surface area contributed by atoms with Crippen LogP contribution >= 0.6 is 11.3 Å². The molecule has 3 heterocycles. The van der Waals surface area contributed by atoms with Gasteiger partial charge in [0.25, 0.3) is 5.91 Å². The van der Waals surface area contributed by atoms with Gasteiger partial charge in [-0.05, 0) is 56.1 Å². The fraction of sp³-hybridized carbons (Fsp3) is 0.278. The number of nitrogens with one attached hydrogen (secondary N) is 3. The number of aromatic amines is 1. The SMILES string of the molecule is O=C(Nc1ncc(C2CCNCC2)s1)c1cn[nH]c1-c1ccc(F)cc1. The first-order chi connectivity index (χ1) is 12.7. The molecule has 1 aliphatic heterocycles. The van der Waals surface area contributed by atoms with E-state index in [1.807, 2.05) is 6.20 Å². The number of piperidine rings is 1. The van der Waals surface area contributed by atoms with Gasteiger partial charge in [-0.2, -0.15) is 5.10 Å². The summed E-state index contributed by atoms with van der Waals surface area (Å²) in [6.07, 6.45) is 5.50. The average molecular weight is 371 g/mol. The lowest BCUT2D eigenvalue weighted by atomic mass is 9.97. The van der Waals surface area contributed by atoms with E-state index in [9.17, 15) is 9.18 Å². The first-order valence-electron chi connectivity index (χ1n) is 8.48. The molecule has 3 N–H and O–H groups in total. The van der Waals surface area contributed by atoms with E-state index in [-0.39, 0.29) is 11.7 Å². The van der Waals surface area contributed by atoms with Gasteiger partial charge < -0.3 is 5.32 Å². The maximum Gasteiger partial charge on any atom is 0.261 e. The molecule has 1 fully saturated rings. The van der Waals surface area contributed by atoms with Crippen molar-refractivity contribution in [3.63, 3.8) is 0 Å². The third kappa shape index (κ3) is 3.51. The Kier molecular flexibility index (Phi) is 4.77. The standard InChI is InChI=1S/C18H18FN5OS/c19-13-3-1-12(2-4-13)16-14(9-22-24-16)17(25)23-18-21-10-15(26-18)11-5-7-20-8-6-11/h1-4,9-11,20H,5-8H2,(H,22,24)(H,21,23,25). The van der Waals surface area contributed by atoms with E-state index in [4.69, 9.17) is 0 Å². The number of halogens is 1. The Balaban J connectivity index is 1.50. The van der Waals surface area contributed by atoms with E-state index in [0.29, 0.717) is 27.9 Å². The number of carbonyl (C=O) groups is 1. The zero-order valence-corrected chi connectivity index (χ0v) is 14.8. The number of rotatable bonds is 4. The van der Waals surface area contributed by atoms with Crippen LogP contribution in [0, 0.1) is 5.82 Å². The van der Waals surface area contributed by atoms with E-state index < -0.39 is 0 Å². The number of carbonyl (C=O) groups excluding carboxylic acids is 1. The van der Waals surface area contributed by atoms with Crippen molar-refractivity contribution in [2.24, 2.45) is 0 Å². The van der Waals surface area contributed by atoms with E-state index in [1.165, 1.54) is 34.5 Å². The van der Waals surface area contributed by atoms with Crippen LogP contribution in [0.5, 0.6) is 0 Å². The third-order valence-corrected chi connectivity index (χ3v) is 5.58. The van der Waals surface area contributed by atoms with Crippen molar-refractivity contribution in [3.8, 4) is 11.3 Å². The number of hydrogen-bond acceptors (Lipinski definition) is 5. The van der Waals surface area contributed by atoms with Crippen LogP contribution < -0.4 is 10.6 Å². The van der Waals surface area contributed by atoms with Crippen molar-refractivity contribution in [2.75, 3.05) is 18.4 Å². The Hall–Kier alpha value is -2.58. The second kappa shape index (κ2) is 7.35. The minimum absolute atomic E-state index is 0.288. The van der Waals surface area contributed by atoms with Crippen LogP contribution in [-0.4, -0.2) is 34.2 Å². The molecular weight excluding hydrogens is 353 g/mol. The van der Waals surface area contributed by atoms with Gasteiger partial charge in [-0.15, -0.1) is 11.3 Å². The van der Waals surface area contributed by atoms with Crippen molar-refractivity contribution in [1.29, 1.82) is 0 Å². The van der Waals surface area contributed by atoms with Crippen LogP contribution in [0.15, 0.2) is 36.7 Å². The predicted octanol–water partition coefficient (Wildman–Crippen LogP) is 3.39. The molecule has 1 saturated heterocycles. The molecule has 2 aromatic heterocycles. The topological polar surface area (TPSA) is 82.7 Å². The Morgan fingerprint density at radius 3 is 2.73 bits per heavy atom. The lowest BCUT2D eigenvalue weighted by molar-refractivity contribution is 0.102. The van der Waals surface area contributed by atoms with E-state index in [2.05, 4.69) is 25.8 Å². The molecule has 0 saturated carbocycles. The van der Waals surface area contributed by atoms with E-state index in [0.717, 1.165) is 25.9 Å². The molecular formula is C18H18FN5OS. The molecule has 8 heteroatoms. The molecule has 26 heavy (non-hydrogen) atoms. The van der Waals surface area contributed by atoms with E-state index in [1.54, 1.807) is 12.1 Å². The van der Waals surface area contributed by atoms with Crippen LogP contribution in [0.25, 0.3) is 11.3 Å². The smallest absolute Gasteiger partial charge is 0.261 e. The lowest BCUT2D eigenvalue weighted by Gasteiger charge is -2.20. The van der Waals surface area contributed by atoms with Gasteiger partial charge >= 0.3 is 0 Å². The molecule has 0 unspecified atom stereocenters. The number of benzene rings is 1. The molecule has 0 spiro atoms. The van der Waals surface area contributed by atoms with Crippen LogP contribution in [0.4, 0.5) is 9.52 Å². The van der Waals surface area contributed by atoms with Gasteiger partial charge in [0.05, 0.1) is 17.5 Å². The first-order valence-corrected chi connectivity index (χ1v) is 9.29. The summed E-state index contributed by atoms with van der Waals surface area (Å²) in [6.45, 7) is 2.03. The van der Waals surface area contributed by atoms with Gasteiger partial charge in [0.15, 0.2) is 5.13 Å². The molecule has 4 rings (SSSR count). The quantitative estimate of drug-likeness (QED) is 0.656. The van der Waals surface area contributed by atoms with Gasteiger partial charge in [-0.25, -0.2) is 9.37 Å². The van der Waals surface area contributed by atoms with Crippen LogP contribution in [0.3, 0.4) is 0 Å². The fourth-order valence-electron chi connectivity index (χ4n) is 3.10. The van der Waals surface area contributed by atoms with E-state index >= 15 is 0 Å². The molecule has 3 aromatic rings. The zero-order valence-electron chi connectivity index (χ0n) is 14.0. The molecule has 0 atom stereocenters. The van der Waals surface area contributed by atoms with Crippen LogP contribution in [0.1, 0.15) is 34.0 Å². The van der Waals surface area contributed by atoms with Crippen LogP contribution in [0.2, 0.25) is 0 Å². The summed E-state index contributed by atoms with van der Waals surface area (Å²) in [6, 6.07) is 5.92. The minimum atomic E-state index is -0.326. The minimum Gasteiger partial charge on any atom is -0.317 e. The summed E-state index contributed by atoms with van der Waals surface area (Å²) >= 11 is 1.52. The number of nitrogens with zero attached hydrogens (tertiary/aromatic N) is 2. The maximum absolute atomic E-state index is 13.1. The highest BCUT2D eigenvalue weighted by Crippen LogP contribution is 2.32. The number of thiazole rings is 1. The summed E-state index contributed by atoms with van der Waals surface area (Å²) in [4.78, 5) is 18.2. The molecule has 6 nitrogen and oxygen atoms in total. The average Bonchev–Trinajstić information content (AvgIpc) is 3.33. The van der Waals surface area contributed by atoms with Crippen LogP contribution in [-0.2, 0) is 0 Å². The van der Waals surface area contributed by atoms with Crippen molar-refractivity contribution >= 4 is 22.4 Å². The molecule has 1 amide bonds. The van der Waals surface area contributed by atoms with Gasteiger partial charge in [-0.3, -0.25) is 15.2 Å². The normalized spacial score (nSPS) is 15.1.